The van der Waals surface area contributed by atoms with Crippen molar-refractivity contribution in [3.8, 4) is 0 Å². The van der Waals surface area contributed by atoms with Gasteiger partial charge in [0.2, 0.25) is 10.0 Å². The van der Waals surface area contributed by atoms with E-state index in [1.807, 2.05) is 0 Å². The summed E-state index contributed by atoms with van der Waals surface area (Å²) in [5, 5.41) is 6.40. The van der Waals surface area contributed by atoms with Gasteiger partial charge in [-0.25, -0.2) is 13.4 Å². The Bertz CT molecular complexity index is 521. The van der Waals surface area contributed by atoms with E-state index >= 15 is 0 Å². The Hall–Kier alpha value is -0.700. The smallest absolute Gasteiger partial charge is 0.211 e. The monoisotopic (exact) mass is 318 g/mol. The number of hydrogen-bond donors (Lipinski definition) is 1. The highest BCUT2D eigenvalue weighted by atomic mass is 32.2. The molecular formula is C12H22N4O2S2. The molecule has 0 spiro atoms. The van der Waals surface area contributed by atoms with Crippen molar-refractivity contribution in [1.29, 1.82) is 0 Å². The summed E-state index contributed by atoms with van der Waals surface area (Å²) in [4.78, 5) is 6.77. The van der Waals surface area contributed by atoms with Crippen molar-refractivity contribution in [3.05, 3.63) is 11.1 Å². The lowest BCUT2D eigenvalue weighted by atomic mass is 10.4. The van der Waals surface area contributed by atoms with E-state index in [1.54, 1.807) is 11.3 Å². The highest BCUT2D eigenvalue weighted by molar-refractivity contribution is 7.88. The van der Waals surface area contributed by atoms with Gasteiger partial charge in [-0.1, -0.05) is 6.92 Å². The predicted octanol–water partition coefficient (Wildman–Crippen LogP) is 0.724. The third-order valence-electron chi connectivity index (χ3n) is 3.25. The molecule has 114 valence electrons. The van der Waals surface area contributed by atoms with Gasteiger partial charge in [0.05, 0.1) is 11.9 Å². The minimum absolute atomic E-state index is 0.543. The molecule has 0 unspecified atom stereocenters. The van der Waals surface area contributed by atoms with Crippen LogP contribution in [0.3, 0.4) is 0 Å². The Morgan fingerprint density at radius 2 is 2.05 bits per heavy atom. The fourth-order valence-electron chi connectivity index (χ4n) is 2.13. The zero-order valence-electron chi connectivity index (χ0n) is 12.0. The van der Waals surface area contributed by atoms with Crippen LogP contribution in [0, 0.1) is 0 Å². The van der Waals surface area contributed by atoms with E-state index in [2.05, 4.69) is 27.5 Å². The molecular weight excluding hydrogens is 296 g/mol. The summed E-state index contributed by atoms with van der Waals surface area (Å²) in [6.45, 7) is 6.45. The van der Waals surface area contributed by atoms with E-state index in [0.29, 0.717) is 26.2 Å². The first-order valence-electron chi connectivity index (χ1n) is 6.86. The normalized spacial score (nSPS) is 17.6. The second-order valence-corrected chi connectivity index (χ2v) is 7.77. The van der Waals surface area contributed by atoms with Crippen LogP contribution in [-0.4, -0.2) is 56.7 Å². The molecule has 8 heteroatoms. The van der Waals surface area contributed by atoms with E-state index < -0.39 is 10.0 Å². The molecule has 1 fully saturated rings. The fourth-order valence-corrected chi connectivity index (χ4v) is 3.83. The molecule has 0 atom stereocenters. The third kappa shape index (κ3) is 4.15. The maximum atomic E-state index is 11.5. The molecule has 0 radical (unpaired) electrons. The Balaban J connectivity index is 1.87. The van der Waals surface area contributed by atoms with Crippen molar-refractivity contribution in [1.82, 2.24) is 14.6 Å². The summed E-state index contributed by atoms with van der Waals surface area (Å²) in [6, 6.07) is 0. The Morgan fingerprint density at radius 1 is 1.35 bits per heavy atom. The van der Waals surface area contributed by atoms with Crippen LogP contribution in [0.4, 0.5) is 5.13 Å². The van der Waals surface area contributed by atoms with Gasteiger partial charge in [-0.2, -0.15) is 4.31 Å². The van der Waals surface area contributed by atoms with Crippen molar-refractivity contribution in [3.63, 3.8) is 0 Å². The molecule has 0 aromatic carbocycles. The number of sulfonamides is 1. The van der Waals surface area contributed by atoms with Crippen LogP contribution < -0.4 is 10.2 Å². The van der Waals surface area contributed by atoms with E-state index in [4.69, 9.17) is 0 Å². The predicted molar refractivity (Wildman–Crippen MR) is 82.7 cm³/mol. The number of rotatable bonds is 6. The quantitative estimate of drug-likeness (QED) is 0.783. The van der Waals surface area contributed by atoms with E-state index in [1.165, 1.54) is 10.6 Å². The van der Waals surface area contributed by atoms with Crippen molar-refractivity contribution in [2.45, 2.75) is 19.9 Å². The first-order chi connectivity index (χ1) is 9.50. The van der Waals surface area contributed by atoms with Gasteiger partial charge in [0.1, 0.15) is 0 Å². The Labute approximate surface area is 124 Å². The molecule has 0 amide bonds. The van der Waals surface area contributed by atoms with Gasteiger partial charge in [-0.3, -0.25) is 0 Å². The summed E-state index contributed by atoms with van der Waals surface area (Å²) < 4.78 is 24.5. The molecule has 1 saturated heterocycles. The van der Waals surface area contributed by atoms with Crippen molar-refractivity contribution in [2.75, 3.05) is 43.9 Å². The zero-order chi connectivity index (χ0) is 14.6. The number of anilines is 1. The summed E-state index contributed by atoms with van der Waals surface area (Å²) in [5.74, 6) is 0. The second-order valence-electron chi connectivity index (χ2n) is 4.95. The SMILES string of the molecule is CCCNCc1csc(N2CCN(S(C)(=O)=O)CC2)n1. The van der Waals surface area contributed by atoms with Crippen molar-refractivity contribution in [2.24, 2.45) is 0 Å². The number of piperazine rings is 1. The maximum Gasteiger partial charge on any atom is 0.211 e. The number of nitrogens with zero attached hydrogens (tertiary/aromatic N) is 3. The average molecular weight is 318 g/mol. The van der Waals surface area contributed by atoms with Gasteiger partial charge in [0.25, 0.3) is 0 Å². The Morgan fingerprint density at radius 3 is 2.65 bits per heavy atom. The van der Waals surface area contributed by atoms with Crippen LogP contribution in [0.1, 0.15) is 19.0 Å². The molecule has 0 bridgehead atoms. The van der Waals surface area contributed by atoms with Crippen molar-refractivity contribution < 1.29 is 8.42 Å². The van der Waals surface area contributed by atoms with Crippen LogP contribution in [0.5, 0.6) is 0 Å². The molecule has 1 aliphatic heterocycles. The summed E-state index contributed by atoms with van der Waals surface area (Å²) in [6.07, 6.45) is 2.38. The average Bonchev–Trinajstić information content (AvgIpc) is 2.87. The summed E-state index contributed by atoms with van der Waals surface area (Å²) >= 11 is 1.63. The van der Waals surface area contributed by atoms with Crippen molar-refractivity contribution >= 4 is 26.5 Å². The molecule has 1 aromatic rings. The molecule has 1 N–H and O–H groups in total. The van der Waals surface area contributed by atoms with Crippen LogP contribution >= 0.6 is 11.3 Å². The summed E-state index contributed by atoms with van der Waals surface area (Å²) in [5.41, 5.74) is 1.06. The topological polar surface area (TPSA) is 65.5 Å². The van der Waals surface area contributed by atoms with Gasteiger partial charge in [0.15, 0.2) is 5.13 Å². The molecule has 20 heavy (non-hydrogen) atoms. The lowest BCUT2D eigenvalue weighted by Crippen LogP contribution is -2.48. The summed E-state index contributed by atoms with van der Waals surface area (Å²) in [7, 11) is -3.06. The molecule has 0 aliphatic carbocycles. The zero-order valence-corrected chi connectivity index (χ0v) is 13.6. The lowest BCUT2D eigenvalue weighted by Gasteiger charge is -2.32. The largest absolute Gasteiger partial charge is 0.345 e. The minimum Gasteiger partial charge on any atom is -0.345 e. The molecule has 6 nitrogen and oxygen atoms in total. The van der Waals surface area contributed by atoms with E-state index in [-0.39, 0.29) is 0 Å². The van der Waals surface area contributed by atoms with Crippen LogP contribution in [-0.2, 0) is 16.6 Å². The maximum absolute atomic E-state index is 11.5. The van der Waals surface area contributed by atoms with Gasteiger partial charge in [0, 0.05) is 38.1 Å². The van der Waals surface area contributed by atoms with Gasteiger partial charge in [-0.15, -0.1) is 11.3 Å². The number of hydrogen-bond acceptors (Lipinski definition) is 6. The first kappa shape index (κ1) is 15.7. The number of aromatic nitrogens is 1. The minimum atomic E-state index is -3.06. The van der Waals surface area contributed by atoms with Gasteiger partial charge in [-0.05, 0) is 13.0 Å². The standard InChI is InChI=1S/C12H22N4O2S2/c1-3-4-13-9-11-10-19-12(14-11)15-5-7-16(8-6-15)20(2,17)18/h10,13H,3-9H2,1-2H3. The highest BCUT2D eigenvalue weighted by Crippen LogP contribution is 2.22. The number of nitrogens with one attached hydrogen (secondary N) is 1. The van der Waals surface area contributed by atoms with E-state index in [9.17, 15) is 8.42 Å². The third-order valence-corrected chi connectivity index (χ3v) is 5.50. The van der Waals surface area contributed by atoms with Gasteiger partial charge >= 0.3 is 0 Å². The lowest BCUT2D eigenvalue weighted by molar-refractivity contribution is 0.388. The van der Waals surface area contributed by atoms with E-state index in [0.717, 1.165) is 30.3 Å². The number of thiazole rings is 1. The molecule has 2 heterocycles. The Kier molecular flexibility index (Phi) is 5.36. The molecule has 1 aliphatic rings. The molecule has 2 rings (SSSR count). The van der Waals surface area contributed by atoms with Gasteiger partial charge < -0.3 is 10.2 Å². The molecule has 0 saturated carbocycles. The fraction of sp³-hybridized carbons (Fsp3) is 0.750. The van der Waals surface area contributed by atoms with Crippen LogP contribution in [0.2, 0.25) is 0 Å². The molecule has 1 aromatic heterocycles. The highest BCUT2D eigenvalue weighted by Gasteiger charge is 2.24. The first-order valence-corrected chi connectivity index (χ1v) is 9.58. The van der Waals surface area contributed by atoms with Crippen LogP contribution in [0.15, 0.2) is 5.38 Å². The van der Waals surface area contributed by atoms with Crippen LogP contribution in [0.25, 0.3) is 0 Å². The second kappa shape index (κ2) is 6.84.